The summed E-state index contributed by atoms with van der Waals surface area (Å²) in [6.07, 6.45) is 0.283. The van der Waals surface area contributed by atoms with Crippen LogP contribution in [-0.2, 0) is 32.0 Å². The number of aliphatic carboxylic acids is 1. The Balaban J connectivity index is 2.20. The Labute approximate surface area is 215 Å². The molecule has 11 nitrogen and oxygen atoms in total. The van der Waals surface area contributed by atoms with Gasteiger partial charge in [-0.3, -0.25) is 14.4 Å². The van der Waals surface area contributed by atoms with Crippen LogP contribution in [0.1, 0.15) is 25.0 Å². The van der Waals surface area contributed by atoms with Crippen LogP contribution in [0.5, 0.6) is 5.75 Å². The van der Waals surface area contributed by atoms with Crippen molar-refractivity contribution in [3.8, 4) is 5.75 Å². The number of carbonyl (C=O) groups excluding carboxylic acids is 3. The number of amides is 3. The molecule has 0 aliphatic rings. The highest BCUT2D eigenvalue weighted by molar-refractivity contribution is 5.94. The largest absolute Gasteiger partial charge is 0.508 e. The molecule has 0 aliphatic carbocycles. The summed E-state index contributed by atoms with van der Waals surface area (Å²) >= 11 is 0. The average Bonchev–Trinajstić information content (AvgIpc) is 2.86. The third-order valence-electron chi connectivity index (χ3n) is 5.69. The van der Waals surface area contributed by atoms with Gasteiger partial charge in [-0.25, -0.2) is 4.79 Å². The monoisotopic (exact) mass is 514 g/mol. The van der Waals surface area contributed by atoms with E-state index in [1.54, 1.807) is 26.0 Å². The zero-order chi connectivity index (χ0) is 27.5. The Morgan fingerprint density at radius 1 is 0.784 bits per heavy atom. The van der Waals surface area contributed by atoms with Crippen molar-refractivity contribution in [3.63, 3.8) is 0 Å². The number of carboxylic acids is 1. The van der Waals surface area contributed by atoms with Gasteiger partial charge in [-0.05, 0) is 35.6 Å². The summed E-state index contributed by atoms with van der Waals surface area (Å²) in [6.45, 7) is 2.49. The molecule has 0 aliphatic heterocycles. The number of rotatable bonds is 13. The van der Waals surface area contributed by atoms with E-state index in [9.17, 15) is 29.4 Å². The second-order valence-corrected chi connectivity index (χ2v) is 9.04. The predicted octanol–water partition coefficient (Wildman–Crippen LogP) is -0.308. The topological polar surface area (TPSA) is 191 Å². The normalized spacial score (nSPS) is 14.2. The minimum absolute atomic E-state index is 0.0343. The van der Waals surface area contributed by atoms with Crippen LogP contribution in [0.25, 0.3) is 0 Å². The van der Waals surface area contributed by atoms with Gasteiger partial charge in [-0.15, -0.1) is 0 Å². The summed E-state index contributed by atoms with van der Waals surface area (Å²) < 4.78 is 0. The third-order valence-corrected chi connectivity index (χ3v) is 5.69. The van der Waals surface area contributed by atoms with Crippen LogP contribution in [0, 0.1) is 5.92 Å². The zero-order valence-corrected chi connectivity index (χ0v) is 20.8. The van der Waals surface area contributed by atoms with E-state index in [4.69, 9.17) is 10.8 Å². The zero-order valence-electron chi connectivity index (χ0n) is 20.8. The maximum Gasteiger partial charge on any atom is 0.328 e. The predicted molar refractivity (Wildman–Crippen MR) is 135 cm³/mol. The van der Waals surface area contributed by atoms with Gasteiger partial charge in [-0.1, -0.05) is 56.3 Å². The van der Waals surface area contributed by atoms with Gasteiger partial charge in [0.2, 0.25) is 17.7 Å². The number of nitrogens with two attached hydrogens (primary N) is 1. The van der Waals surface area contributed by atoms with Crippen LogP contribution in [0.2, 0.25) is 0 Å². The molecule has 11 heteroatoms. The van der Waals surface area contributed by atoms with Gasteiger partial charge in [0.25, 0.3) is 0 Å². The van der Waals surface area contributed by atoms with Crippen LogP contribution < -0.4 is 21.7 Å². The number of phenolic OH excluding ortho intramolecular Hbond substituents is 1. The fourth-order valence-electron chi connectivity index (χ4n) is 3.55. The molecule has 37 heavy (non-hydrogen) atoms. The second-order valence-electron chi connectivity index (χ2n) is 9.04. The summed E-state index contributed by atoms with van der Waals surface area (Å²) in [5.41, 5.74) is 7.56. The van der Waals surface area contributed by atoms with Crippen LogP contribution in [0.15, 0.2) is 54.6 Å². The van der Waals surface area contributed by atoms with E-state index in [1.807, 2.05) is 30.3 Å². The smallest absolute Gasteiger partial charge is 0.328 e. The molecule has 2 aromatic rings. The van der Waals surface area contributed by atoms with Crippen molar-refractivity contribution >= 4 is 23.7 Å². The number of aliphatic hydroxyl groups is 1. The van der Waals surface area contributed by atoms with E-state index in [2.05, 4.69) is 16.0 Å². The van der Waals surface area contributed by atoms with Gasteiger partial charge in [-0.2, -0.15) is 0 Å². The van der Waals surface area contributed by atoms with E-state index in [0.29, 0.717) is 5.56 Å². The van der Waals surface area contributed by atoms with Crippen molar-refractivity contribution in [1.29, 1.82) is 0 Å². The van der Waals surface area contributed by atoms with E-state index in [1.165, 1.54) is 12.1 Å². The highest BCUT2D eigenvalue weighted by Gasteiger charge is 2.32. The van der Waals surface area contributed by atoms with Crippen molar-refractivity contribution < 1.29 is 34.5 Å². The third kappa shape index (κ3) is 9.21. The number of hydrogen-bond donors (Lipinski definition) is 7. The van der Waals surface area contributed by atoms with Gasteiger partial charge >= 0.3 is 5.97 Å². The highest BCUT2D eigenvalue weighted by atomic mass is 16.4. The molecule has 0 heterocycles. The lowest BCUT2D eigenvalue weighted by Gasteiger charge is -2.27. The minimum Gasteiger partial charge on any atom is -0.508 e. The molecular formula is C26H34N4O7. The molecule has 3 amide bonds. The number of carboxylic acid groups (broad SMARTS) is 1. The van der Waals surface area contributed by atoms with Gasteiger partial charge in [0.1, 0.15) is 23.9 Å². The Bertz CT molecular complexity index is 1060. The summed E-state index contributed by atoms with van der Waals surface area (Å²) in [6, 6.07) is 10.5. The number of aliphatic hydroxyl groups excluding tert-OH is 1. The second kappa shape index (κ2) is 14.0. The van der Waals surface area contributed by atoms with Crippen molar-refractivity contribution in [2.75, 3.05) is 6.61 Å². The molecule has 2 aromatic carbocycles. The van der Waals surface area contributed by atoms with E-state index in [-0.39, 0.29) is 18.6 Å². The Kier molecular flexibility index (Phi) is 11.0. The molecule has 0 fully saturated rings. The first-order valence-corrected chi connectivity index (χ1v) is 11.8. The average molecular weight is 515 g/mol. The van der Waals surface area contributed by atoms with Gasteiger partial charge in [0, 0.05) is 6.42 Å². The Hall–Kier alpha value is -3.96. The summed E-state index contributed by atoms with van der Waals surface area (Å²) in [4.78, 5) is 50.1. The molecule has 8 N–H and O–H groups in total. The lowest BCUT2D eigenvalue weighted by atomic mass is 10.00. The minimum atomic E-state index is -1.53. The lowest BCUT2D eigenvalue weighted by Crippen LogP contribution is -2.59. The SMILES string of the molecule is CC(C)C(NC(=O)C(Cc1ccc(O)cc1)NC(=O)C(N)Cc1ccccc1)C(=O)NC(CO)C(=O)O. The summed E-state index contributed by atoms with van der Waals surface area (Å²) in [7, 11) is 0. The molecule has 0 aromatic heterocycles. The van der Waals surface area contributed by atoms with E-state index in [0.717, 1.165) is 5.56 Å². The number of aromatic hydroxyl groups is 1. The molecule has 0 spiro atoms. The fourth-order valence-corrected chi connectivity index (χ4v) is 3.55. The fraction of sp³-hybridized carbons (Fsp3) is 0.385. The number of phenols is 1. The van der Waals surface area contributed by atoms with E-state index >= 15 is 0 Å². The highest BCUT2D eigenvalue weighted by Crippen LogP contribution is 2.13. The first-order chi connectivity index (χ1) is 17.5. The summed E-state index contributed by atoms with van der Waals surface area (Å²) in [5, 5.41) is 35.3. The number of hydrogen-bond acceptors (Lipinski definition) is 7. The maximum absolute atomic E-state index is 13.3. The van der Waals surface area contributed by atoms with Crippen molar-refractivity contribution in [2.45, 2.75) is 50.9 Å². The van der Waals surface area contributed by atoms with Crippen LogP contribution in [-0.4, -0.2) is 69.8 Å². The lowest BCUT2D eigenvalue weighted by molar-refractivity contribution is -0.143. The molecule has 0 bridgehead atoms. The van der Waals surface area contributed by atoms with Gasteiger partial charge in [0.05, 0.1) is 12.6 Å². The molecule has 200 valence electrons. The van der Waals surface area contributed by atoms with Crippen LogP contribution in [0.4, 0.5) is 0 Å². The molecule has 0 saturated carbocycles. The summed E-state index contributed by atoms with van der Waals surface area (Å²) in [5.74, 6) is -3.87. The molecular weight excluding hydrogens is 480 g/mol. The molecule has 0 radical (unpaired) electrons. The van der Waals surface area contributed by atoms with Crippen molar-refractivity contribution in [3.05, 3.63) is 65.7 Å². The number of benzene rings is 2. The molecule has 4 atom stereocenters. The van der Waals surface area contributed by atoms with Crippen molar-refractivity contribution in [1.82, 2.24) is 16.0 Å². The number of nitrogens with one attached hydrogen (secondary N) is 3. The maximum atomic E-state index is 13.3. The first kappa shape index (κ1) is 29.3. The van der Waals surface area contributed by atoms with E-state index < -0.39 is 60.4 Å². The Morgan fingerprint density at radius 3 is 1.89 bits per heavy atom. The Morgan fingerprint density at radius 2 is 1.35 bits per heavy atom. The van der Waals surface area contributed by atoms with Crippen LogP contribution in [0.3, 0.4) is 0 Å². The number of carbonyl (C=O) groups is 4. The van der Waals surface area contributed by atoms with Gasteiger partial charge in [0.15, 0.2) is 0 Å². The molecule has 4 unspecified atom stereocenters. The molecule has 0 saturated heterocycles. The first-order valence-electron chi connectivity index (χ1n) is 11.8. The molecule has 2 rings (SSSR count). The van der Waals surface area contributed by atoms with Crippen molar-refractivity contribution in [2.24, 2.45) is 11.7 Å². The van der Waals surface area contributed by atoms with Crippen LogP contribution >= 0.6 is 0 Å². The standard InChI is InChI=1S/C26H34N4O7/c1-15(2)22(25(35)29-21(14-31)26(36)37)30-24(34)20(13-17-8-10-18(32)11-9-17)28-23(33)19(27)12-16-6-4-3-5-7-16/h3-11,15,19-22,31-32H,12-14,27H2,1-2H3,(H,28,33)(H,29,35)(H,30,34)(H,36,37). The van der Waals surface area contributed by atoms with Gasteiger partial charge < -0.3 is 37.0 Å². The quantitative estimate of drug-likeness (QED) is 0.189.